The quantitative estimate of drug-likeness (QED) is 0.216. The summed E-state index contributed by atoms with van der Waals surface area (Å²) in [6.07, 6.45) is 2.41. The van der Waals surface area contributed by atoms with Crippen molar-refractivity contribution in [2.24, 2.45) is 12.2 Å². The van der Waals surface area contributed by atoms with Gasteiger partial charge in [-0.15, -0.1) is 0 Å². The lowest BCUT2D eigenvalue weighted by molar-refractivity contribution is -0.123. The molecule has 12 nitrogen and oxygen atoms in total. The first-order valence-corrected chi connectivity index (χ1v) is 13.1. The molecule has 1 heterocycles. The molecule has 7 N–H and O–H groups in total. The summed E-state index contributed by atoms with van der Waals surface area (Å²) < 4.78 is 26.7. The molecule has 3 amide bonds. The van der Waals surface area contributed by atoms with Gasteiger partial charge in [-0.05, 0) is 29.7 Å². The van der Waals surface area contributed by atoms with Crippen LogP contribution >= 0.6 is 0 Å². The van der Waals surface area contributed by atoms with Crippen molar-refractivity contribution in [1.29, 1.82) is 0 Å². The van der Waals surface area contributed by atoms with E-state index in [2.05, 4.69) is 25.8 Å². The smallest absolute Gasteiger partial charge is 0.321 e. The Morgan fingerprint density at radius 2 is 1.76 bits per heavy atom. The number of benzene rings is 2. The molecule has 2 atom stereocenters. The number of phenolic OH excluding ortho intramolecular Hbond substituents is 1. The molecular formula is C24H31N7O5S. The summed E-state index contributed by atoms with van der Waals surface area (Å²) in [7, 11) is -2.31. The standard InChI is InChI=1S/C24H31N7O5S/c1-3-17-14-26-31(2)22(17)30-24(34)29-20(13-16-9-11-19(32)12-10-16)23(33)28-21(15-27-37(25,35)36)18-7-5-4-6-8-18/h4-12,14,20-21,27,32H,3,13,15H2,1-2H3,(H,28,33)(H2,25,35,36)(H2,29,30,34). The Hall–Kier alpha value is -3.94. The number of aromatic nitrogens is 2. The number of nitrogens with one attached hydrogen (secondary N) is 4. The van der Waals surface area contributed by atoms with E-state index in [-0.39, 0.29) is 18.7 Å². The van der Waals surface area contributed by atoms with Crippen LogP contribution in [0.5, 0.6) is 5.75 Å². The molecule has 0 saturated carbocycles. The number of urea groups is 1. The fourth-order valence-electron chi connectivity index (χ4n) is 3.69. The number of rotatable bonds is 11. The maximum absolute atomic E-state index is 13.4. The van der Waals surface area contributed by atoms with Crippen molar-refractivity contribution in [3.63, 3.8) is 0 Å². The molecule has 0 radical (unpaired) electrons. The maximum Gasteiger partial charge on any atom is 0.321 e. The van der Waals surface area contributed by atoms with Gasteiger partial charge < -0.3 is 15.7 Å². The highest BCUT2D eigenvalue weighted by molar-refractivity contribution is 7.87. The Bertz CT molecular complexity index is 1310. The third kappa shape index (κ3) is 8.31. The number of nitrogens with two attached hydrogens (primary N) is 1. The van der Waals surface area contributed by atoms with E-state index < -0.39 is 34.2 Å². The molecule has 13 heteroatoms. The monoisotopic (exact) mass is 529 g/mol. The zero-order valence-electron chi connectivity index (χ0n) is 20.5. The highest BCUT2D eigenvalue weighted by atomic mass is 32.2. The van der Waals surface area contributed by atoms with Gasteiger partial charge in [-0.1, -0.05) is 49.4 Å². The molecule has 0 saturated heterocycles. The van der Waals surface area contributed by atoms with E-state index in [9.17, 15) is 23.1 Å². The summed E-state index contributed by atoms with van der Waals surface area (Å²) in [5, 5.41) is 27.1. The van der Waals surface area contributed by atoms with Crippen molar-refractivity contribution < 1.29 is 23.1 Å². The average molecular weight is 530 g/mol. The Morgan fingerprint density at radius 3 is 2.38 bits per heavy atom. The normalized spacial score (nSPS) is 12.9. The number of aryl methyl sites for hydroxylation is 2. The largest absolute Gasteiger partial charge is 0.508 e. The lowest BCUT2D eigenvalue weighted by Gasteiger charge is -2.24. The summed E-state index contributed by atoms with van der Waals surface area (Å²) in [6, 6.07) is 12.6. The van der Waals surface area contributed by atoms with Crippen LogP contribution in [0, 0.1) is 0 Å². The molecule has 3 rings (SSSR count). The van der Waals surface area contributed by atoms with E-state index >= 15 is 0 Å². The summed E-state index contributed by atoms with van der Waals surface area (Å²) in [6.45, 7) is 1.74. The topological polar surface area (TPSA) is 180 Å². The van der Waals surface area contributed by atoms with Crippen LogP contribution < -0.4 is 25.8 Å². The zero-order valence-corrected chi connectivity index (χ0v) is 21.3. The first-order chi connectivity index (χ1) is 17.6. The molecular weight excluding hydrogens is 498 g/mol. The molecule has 37 heavy (non-hydrogen) atoms. The van der Waals surface area contributed by atoms with Crippen LogP contribution in [-0.4, -0.2) is 47.8 Å². The van der Waals surface area contributed by atoms with Gasteiger partial charge in [0.15, 0.2) is 0 Å². The van der Waals surface area contributed by atoms with Crippen molar-refractivity contribution in [1.82, 2.24) is 25.1 Å². The van der Waals surface area contributed by atoms with Gasteiger partial charge in [-0.25, -0.2) is 14.7 Å². The number of carbonyl (C=O) groups is 2. The second kappa shape index (κ2) is 12.3. The van der Waals surface area contributed by atoms with Crippen LogP contribution in [0.25, 0.3) is 0 Å². The molecule has 0 fully saturated rings. The van der Waals surface area contributed by atoms with Crippen molar-refractivity contribution in [3.05, 3.63) is 77.5 Å². The second-order valence-corrected chi connectivity index (χ2v) is 9.76. The molecule has 1 aromatic heterocycles. The van der Waals surface area contributed by atoms with Gasteiger partial charge in [0.25, 0.3) is 10.2 Å². The van der Waals surface area contributed by atoms with Gasteiger partial charge >= 0.3 is 6.03 Å². The Balaban J connectivity index is 1.82. The van der Waals surface area contributed by atoms with Gasteiger partial charge in [-0.2, -0.15) is 13.5 Å². The Kier molecular flexibility index (Phi) is 9.22. The minimum Gasteiger partial charge on any atom is -0.508 e. The van der Waals surface area contributed by atoms with E-state index in [1.165, 1.54) is 16.8 Å². The van der Waals surface area contributed by atoms with Crippen molar-refractivity contribution in [2.75, 3.05) is 11.9 Å². The number of phenols is 1. The Labute approximate surface area is 215 Å². The van der Waals surface area contributed by atoms with Gasteiger partial charge in [0.1, 0.15) is 17.6 Å². The van der Waals surface area contributed by atoms with Crippen molar-refractivity contribution >= 4 is 28.0 Å². The third-order valence-corrected chi connectivity index (χ3v) is 6.20. The first-order valence-electron chi connectivity index (χ1n) is 11.5. The number of hydrogen-bond acceptors (Lipinski definition) is 6. The van der Waals surface area contributed by atoms with Gasteiger partial charge in [0, 0.05) is 25.6 Å². The number of hydrogen-bond donors (Lipinski definition) is 6. The van der Waals surface area contributed by atoms with Crippen LogP contribution in [-0.2, 0) is 34.9 Å². The molecule has 198 valence electrons. The lowest BCUT2D eigenvalue weighted by Crippen LogP contribution is -2.51. The van der Waals surface area contributed by atoms with Crippen LogP contribution in [0.2, 0.25) is 0 Å². The van der Waals surface area contributed by atoms with Crippen molar-refractivity contribution in [3.8, 4) is 5.75 Å². The Morgan fingerprint density at radius 1 is 1.08 bits per heavy atom. The summed E-state index contributed by atoms with van der Waals surface area (Å²) >= 11 is 0. The van der Waals surface area contributed by atoms with E-state index in [4.69, 9.17) is 5.14 Å². The average Bonchev–Trinajstić information content (AvgIpc) is 3.21. The number of aromatic hydroxyl groups is 1. The van der Waals surface area contributed by atoms with E-state index in [0.29, 0.717) is 23.4 Å². The van der Waals surface area contributed by atoms with Gasteiger partial charge in [0.2, 0.25) is 5.91 Å². The van der Waals surface area contributed by atoms with E-state index in [1.54, 1.807) is 55.7 Å². The second-order valence-electron chi connectivity index (χ2n) is 8.38. The van der Waals surface area contributed by atoms with Crippen LogP contribution in [0.4, 0.5) is 10.6 Å². The fourth-order valence-corrected chi connectivity index (χ4v) is 4.09. The minimum atomic E-state index is -4.01. The predicted octanol–water partition coefficient (Wildman–Crippen LogP) is 1.07. The van der Waals surface area contributed by atoms with Crippen LogP contribution in [0.1, 0.15) is 29.7 Å². The first kappa shape index (κ1) is 27.6. The predicted molar refractivity (Wildman–Crippen MR) is 139 cm³/mol. The van der Waals surface area contributed by atoms with Gasteiger partial charge in [-0.3, -0.25) is 14.8 Å². The SMILES string of the molecule is CCc1cnn(C)c1NC(=O)NC(Cc1ccc(O)cc1)C(=O)NC(CNS(N)(=O)=O)c1ccccc1. The molecule has 0 spiro atoms. The highest BCUT2D eigenvalue weighted by Gasteiger charge is 2.26. The minimum absolute atomic E-state index is 0.0666. The number of amides is 3. The maximum atomic E-state index is 13.4. The third-order valence-electron chi connectivity index (χ3n) is 5.63. The molecule has 2 unspecified atom stereocenters. The van der Waals surface area contributed by atoms with E-state index in [1.807, 2.05) is 6.92 Å². The lowest BCUT2D eigenvalue weighted by atomic mass is 10.0. The summed E-state index contributed by atoms with van der Waals surface area (Å²) in [4.78, 5) is 26.3. The number of carbonyl (C=O) groups excluding carboxylic acids is 2. The number of nitrogens with zero attached hydrogens (tertiary/aromatic N) is 2. The molecule has 0 aliphatic carbocycles. The van der Waals surface area contributed by atoms with E-state index in [0.717, 1.165) is 5.56 Å². The van der Waals surface area contributed by atoms with Crippen LogP contribution in [0.3, 0.4) is 0 Å². The molecule has 2 aromatic carbocycles. The fraction of sp³-hybridized carbons (Fsp3) is 0.292. The summed E-state index contributed by atoms with van der Waals surface area (Å²) in [5.41, 5.74) is 2.16. The molecule has 0 aliphatic rings. The molecule has 3 aromatic rings. The highest BCUT2D eigenvalue weighted by Crippen LogP contribution is 2.16. The molecule has 0 bridgehead atoms. The zero-order chi connectivity index (χ0) is 27.0. The summed E-state index contributed by atoms with van der Waals surface area (Å²) in [5.74, 6) is 0.0225. The molecule has 0 aliphatic heterocycles. The number of anilines is 1. The van der Waals surface area contributed by atoms with Crippen molar-refractivity contribution in [2.45, 2.75) is 31.8 Å². The van der Waals surface area contributed by atoms with Crippen LogP contribution in [0.15, 0.2) is 60.8 Å². The van der Waals surface area contributed by atoms with Gasteiger partial charge in [0.05, 0.1) is 12.2 Å².